The molecule has 2 aromatic carbocycles. The third-order valence-electron chi connectivity index (χ3n) is 6.59. The number of benzene rings is 2. The van der Waals surface area contributed by atoms with Crippen LogP contribution in [0.15, 0.2) is 65.4 Å². The molecule has 234 valence electrons. The number of ether oxygens (including phenoxy) is 3. The molecule has 2 atom stereocenters. The number of esters is 1. The van der Waals surface area contributed by atoms with Crippen molar-refractivity contribution in [1.29, 1.82) is 0 Å². The predicted molar refractivity (Wildman–Crippen MR) is 154 cm³/mol. The topological polar surface area (TPSA) is 118 Å². The Morgan fingerprint density at radius 3 is 2.21 bits per heavy atom. The molecule has 0 radical (unpaired) electrons. The minimum absolute atomic E-state index is 0.0303. The Labute approximate surface area is 252 Å². The fraction of sp³-hybridized carbons (Fsp3) is 0.400. The lowest BCUT2D eigenvalue weighted by molar-refractivity contribution is -0.139. The van der Waals surface area contributed by atoms with E-state index in [-0.39, 0.29) is 29.8 Å². The van der Waals surface area contributed by atoms with Crippen LogP contribution in [0, 0.1) is 0 Å². The molecule has 0 fully saturated rings. The molecule has 0 bridgehead atoms. The second-order valence-corrected chi connectivity index (χ2v) is 10.4. The number of aliphatic hydroxyl groups is 1. The molecular formula is C30H34ClF3N2O7. The van der Waals surface area contributed by atoms with Crippen LogP contribution < -0.4 is 14.8 Å². The minimum Gasteiger partial charge on any atom is -0.492 e. The lowest BCUT2D eigenvalue weighted by Crippen LogP contribution is -2.47. The van der Waals surface area contributed by atoms with E-state index in [1.54, 1.807) is 24.3 Å². The van der Waals surface area contributed by atoms with E-state index < -0.39 is 59.2 Å². The van der Waals surface area contributed by atoms with Crippen LogP contribution in [-0.2, 0) is 14.3 Å². The van der Waals surface area contributed by atoms with Crippen LogP contribution >= 0.6 is 11.6 Å². The van der Waals surface area contributed by atoms with E-state index in [1.165, 1.54) is 31.2 Å². The number of carbonyl (C=O) groups is 2. The van der Waals surface area contributed by atoms with Crippen molar-refractivity contribution < 1.29 is 47.2 Å². The van der Waals surface area contributed by atoms with E-state index in [9.17, 15) is 33.0 Å². The van der Waals surface area contributed by atoms with Crippen LogP contribution in [0.25, 0.3) is 5.57 Å². The maximum atomic E-state index is 14.7. The molecule has 0 saturated heterocycles. The van der Waals surface area contributed by atoms with Crippen molar-refractivity contribution in [3.63, 3.8) is 0 Å². The summed E-state index contributed by atoms with van der Waals surface area (Å²) in [5.74, 6) is -2.11. The summed E-state index contributed by atoms with van der Waals surface area (Å²) in [5, 5.41) is 23.2. The molecule has 13 heteroatoms. The molecule has 2 aromatic rings. The summed E-state index contributed by atoms with van der Waals surface area (Å²) in [7, 11) is 0.913. The highest BCUT2D eigenvalue weighted by Crippen LogP contribution is 2.46. The quantitative estimate of drug-likeness (QED) is 0.272. The lowest BCUT2D eigenvalue weighted by atomic mass is 9.84. The number of methoxy groups -OCH3 is 1. The van der Waals surface area contributed by atoms with Gasteiger partial charge in [-0.05, 0) is 37.3 Å². The summed E-state index contributed by atoms with van der Waals surface area (Å²) in [5.41, 5.74) is -3.26. The highest BCUT2D eigenvalue weighted by molar-refractivity contribution is 6.33. The fourth-order valence-corrected chi connectivity index (χ4v) is 4.84. The molecule has 3 rings (SSSR count). The summed E-state index contributed by atoms with van der Waals surface area (Å²) in [4.78, 5) is 26.1. The molecule has 1 aliphatic heterocycles. The first-order valence-electron chi connectivity index (χ1n) is 13.4. The van der Waals surface area contributed by atoms with Crippen LogP contribution in [-0.4, -0.2) is 84.8 Å². The Bertz CT molecular complexity index is 1360. The standard InChI is InChI=1S/C30H34ClF3N2O7/c1-17(2)35-15-19(37)16-43-21-11-9-20(10-12-21)42-14-13-36-18(3)24(28(38)39)25(22-7-5-6-8-23(22)31)26(29(40)41-4)27(36)30(32,33)34/h5-12,17-19,35,37H,13-16H2,1-4H3,(H,38,39). The molecule has 1 aliphatic rings. The van der Waals surface area contributed by atoms with Gasteiger partial charge in [-0.1, -0.05) is 43.6 Å². The maximum absolute atomic E-state index is 14.7. The smallest absolute Gasteiger partial charge is 0.432 e. The molecule has 0 amide bonds. The van der Waals surface area contributed by atoms with Crippen molar-refractivity contribution in [3.05, 3.63) is 76.0 Å². The summed E-state index contributed by atoms with van der Waals surface area (Å²) < 4.78 is 59.9. The Morgan fingerprint density at radius 2 is 1.67 bits per heavy atom. The Morgan fingerprint density at radius 1 is 1.07 bits per heavy atom. The van der Waals surface area contributed by atoms with E-state index in [0.29, 0.717) is 18.0 Å². The third-order valence-corrected chi connectivity index (χ3v) is 6.92. The Hall–Kier alpha value is -3.74. The van der Waals surface area contributed by atoms with Gasteiger partial charge >= 0.3 is 18.1 Å². The summed E-state index contributed by atoms with van der Waals surface area (Å²) in [6, 6.07) is 10.9. The number of aliphatic hydroxyl groups excluding tert-OH is 1. The number of nitrogens with one attached hydrogen (secondary N) is 1. The van der Waals surface area contributed by atoms with Crippen molar-refractivity contribution in [2.45, 2.75) is 45.1 Å². The Balaban J connectivity index is 1.87. The normalized spacial score (nSPS) is 16.4. The van der Waals surface area contributed by atoms with Gasteiger partial charge in [0.15, 0.2) is 0 Å². The lowest BCUT2D eigenvalue weighted by Gasteiger charge is -2.40. The van der Waals surface area contributed by atoms with E-state index in [2.05, 4.69) is 5.32 Å². The maximum Gasteiger partial charge on any atom is 0.432 e. The van der Waals surface area contributed by atoms with Gasteiger partial charge in [0.2, 0.25) is 0 Å². The van der Waals surface area contributed by atoms with Crippen molar-refractivity contribution in [2.75, 3.05) is 33.4 Å². The molecule has 0 spiro atoms. The van der Waals surface area contributed by atoms with Crippen LogP contribution in [0.3, 0.4) is 0 Å². The van der Waals surface area contributed by atoms with E-state index in [4.69, 9.17) is 25.8 Å². The zero-order valence-corrected chi connectivity index (χ0v) is 24.8. The number of allylic oxidation sites excluding steroid dienone is 1. The van der Waals surface area contributed by atoms with Gasteiger partial charge in [0, 0.05) is 28.7 Å². The van der Waals surface area contributed by atoms with Gasteiger partial charge in [-0.3, -0.25) is 0 Å². The van der Waals surface area contributed by atoms with E-state index in [1.807, 2.05) is 13.8 Å². The first-order valence-corrected chi connectivity index (χ1v) is 13.8. The van der Waals surface area contributed by atoms with E-state index >= 15 is 0 Å². The number of carbonyl (C=O) groups excluding carboxylic acids is 1. The molecule has 1 heterocycles. The van der Waals surface area contributed by atoms with Gasteiger partial charge in [0.1, 0.15) is 36.5 Å². The van der Waals surface area contributed by atoms with Crippen molar-refractivity contribution >= 4 is 29.1 Å². The van der Waals surface area contributed by atoms with Crippen LogP contribution in [0.5, 0.6) is 11.5 Å². The molecule has 43 heavy (non-hydrogen) atoms. The average Bonchev–Trinajstić information content (AvgIpc) is 2.95. The molecule has 0 aromatic heterocycles. The molecule has 9 nitrogen and oxygen atoms in total. The number of hydrogen-bond acceptors (Lipinski definition) is 8. The summed E-state index contributed by atoms with van der Waals surface area (Å²) in [6.07, 6.45) is -5.79. The average molecular weight is 627 g/mol. The zero-order valence-electron chi connectivity index (χ0n) is 24.1. The first kappa shape index (κ1) is 33.8. The molecule has 0 saturated carbocycles. The minimum atomic E-state index is -5.07. The monoisotopic (exact) mass is 626 g/mol. The first-order chi connectivity index (χ1) is 20.3. The number of aliphatic carboxylic acids is 1. The number of carboxylic acid groups (broad SMARTS) is 1. The number of carboxylic acids is 1. The van der Waals surface area contributed by atoms with Gasteiger partial charge in [-0.25, -0.2) is 9.59 Å². The van der Waals surface area contributed by atoms with Crippen molar-refractivity contribution in [2.24, 2.45) is 0 Å². The van der Waals surface area contributed by atoms with Crippen molar-refractivity contribution in [3.8, 4) is 11.5 Å². The van der Waals surface area contributed by atoms with Gasteiger partial charge < -0.3 is 34.6 Å². The number of nitrogens with zero attached hydrogens (tertiary/aromatic N) is 1. The third kappa shape index (κ3) is 8.43. The summed E-state index contributed by atoms with van der Waals surface area (Å²) in [6.45, 7) is 4.92. The SMILES string of the molecule is COC(=O)C1=C(C(F)(F)F)N(CCOc2ccc(OCC(O)CNC(C)C)cc2)C(C)C(C(=O)O)=C1c1ccccc1Cl. The number of alkyl halides is 3. The van der Waals surface area contributed by atoms with Gasteiger partial charge in [0.25, 0.3) is 0 Å². The number of halogens is 4. The molecular weight excluding hydrogens is 593 g/mol. The summed E-state index contributed by atoms with van der Waals surface area (Å²) >= 11 is 6.27. The number of rotatable bonds is 13. The second kappa shape index (κ2) is 14.6. The Kier molecular flexibility index (Phi) is 11.5. The molecule has 2 unspecified atom stereocenters. The molecule has 0 aliphatic carbocycles. The van der Waals surface area contributed by atoms with E-state index in [0.717, 1.165) is 12.0 Å². The van der Waals surface area contributed by atoms with Gasteiger partial charge in [-0.2, -0.15) is 13.2 Å². The van der Waals surface area contributed by atoms with Gasteiger partial charge in [-0.15, -0.1) is 0 Å². The zero-order chi connectivity index (χ0) is 31.9. The van der Waals surface area contributed by atoms with Crippen LogP contribution in [0.2, 0.25) is 5.02 Å². The highest BCUT2D eigenvalue weighted by Gasteiger charge is 2.50. The van der Waals surface area contributed by atoms with Crippen LogP contribution in [0.1, 0.15) is 26.3 Å². The van der Waals surface area contributed by atoms with Gasteiger partial charge in [0.05, 0.1) is 30.8 Å². The van der Waals surface area contributed by atoms with Crippen LogP contribution in [0.4, 0.5) is 13.2 Å². The fourth-order valence-electron chi connectivity index (χ4n) is 4.61. The largest absolute Gasteiger partial charge is 0.492 e. The number of hydrogen-bond donors (Lipinski definition) is 3. The predicted octanol–water partition coefficient (Wildman–Crippen LogP) is 4.69. The highest BCUT2D eigenvalue weighted by atomic mass is 35.5. The second-order valence-electron chi connectivity index (χ2n) is 10.0. The van der Waals surface area contributed by atoms with Crippen molar-refractivity contribution in [1.82, 2.24) is 10.2 Å². The molecule has 3 N–H and O–H groups in total.